The number of ether oxygens (including phenoxy) is 1. The number of carbonyl (C=O) groups is 3. The molecule has 0 aliphatic carbocycles. The summed E-state index contributed by atoms with van der Waals surface area (Å²) in [4.78, 5) is 38.8. The molecule has 23 heavy (non-hydrogen) atoms. The van der Waals surface area contributed by atoms with Crippen LogP contribution in [0.4, 0.5) is 0 Å². The second-order valence-corrected chi connectivity index (χ2v) is 5.70. The highest BCUT2D eigenvalue weighted by molar-refractivity contribution is 5.82. The molecule has 2 rings (SSSR count). The number of methoxy groups -OCH3 is 1. The molecule has 0 aromatic carbocycles. The molecule has 0 bridgehead atoms. The van der Waals surface area contributed by atoms with Crippen molar-refractivity contribution in [2.24, 2.45) is 7.05 Å². The van der Waals surface area contributed by atoms with Gasteiger partial charge < -0.3 is 19.1 Å². The fourth-order valence-corrected chi connectivity index (χ4v) is 2.63. The third-order valence-electron chi connectivity index (χ3n) is 4.00. The summed E-state index contributed by atoms with van der Waals surface area (Å²) < 4.78 is 6.45. The molecule has 2 heterocycles. The fraction of sp³-hybridized carbons (Fsp3) is 0.562. The van der Waals surface area contributed by atoms with Gasteiger partial charge in [0.15, 0.2) is 0 Å². The third kappa shape index (κ3) is 4.84. The average Bonchev–Trinajstić information content (AvgIpc) is 2.97. The van der Waals surface area contributed by atoms with E-state index in [-0.39, 0.29) is 30.6 Å². The largest absolute Gasteiger partial charge is 0.469 e. The van der Waals surface area contributed by atoms with Crippen molar-refractivity contribution >= 4 is 17.8 Å². The summed E-state index contributed by atoms with van der Waals surface area (Å²) in [6.45, 7) is 2.10. The molecular formula is C16H23N3O4. The van der Waals surface area contributed by atoms with Gasteiger partial charge in [-0.25, -0.2) is 0 Å². The summed E-state index contributed by atoms with van der Waals surface area (Å²) in [6.07, 6.45) is 4.50. The third-order valence-corrected chi connectivity index (χ3v) is 4.00. The Morgan fingerprint density at radius 3 is 2.17 bits per heavy atom. The molecule has 0 N–H and O–H groups in total. The van der Waals surface area contributed by atoms with Gasteiger partial charge in [0.2, 0.25) is 11.8 Å². The topological polar surface area (TPSA) is 71.9 Å². The lowest BCUT2D eigenvalue weighted by molar-refractivity contribution is -0.144. The number of carbonyl (C=O) groups excluding carboxylic acids is 3. The number of piperazine rings is 1. The summed E-state index contributed by atoms with van der Waals surface area (Å²) in [5.74, 6) is -0.363. The van der Waals surface area contributed by atoms with Crippen LogP contribution in [0.15, 0.2) is 18.5 Å². The average molecular weight is 321 g/mol. The van der Waals surface area contributed by atoms with Crippen molar-refractivity contribution in [3.8, 4) is 0 Å². The molecule has 126 valence electrons. The first-order valence-corrected chi connectivity index (χ1v) is 7.73. The maximum absolute atomic E-state index is 12.3. The Hall–Kier alpha value is -2.31. The number of rotatable bonds is 5. The van der Waals surface area contributed by atoms with E-state index < -0.39 is 0 Å². The highest BCUT2D eigenvalue weighted by Crippen LogP contribution is 2.09. The van der Waals surface area contributed by atoms with Gasteiger partial charge in [-0.05, 0) is 11.6 Å². The molecule has 7 nitrogen and oxygen atoms in total. The van der Waals surface area contributed by atoms with Gasteiger partial charge >= 0.3 is 5.97 Å². The Labute approximate surface area is 135 Å². The van der Waals surface area contributed by atoms with E-state index in [1.807, 2.05) is 30.1 Å². The summed E-state index contributed by atoms with van der Waals surface area (Å²) in [6, 6.07) is 1.94. The number of aryl methyl sites for hydroxylation is 1. The maximum atomic E-state index is 12.3. The minimum absolute atomic E-state index is 0.0643. The van der Waals surface area contributed by atoms with Crippen LogP contribution in [0.3, 0.4) is 0 Å². The van der Waals surface area contributed by atoms with Crippen LogP contribution < -0.4 is 0 Å². The summed E-state index contributed by atoms with van der Waals surface area (Å²) >= 11 is 0. The Morgan fingerprint density at radius 2 is 1.65 bits per heavy atom. The molecule has 1 aliphatic rings. The van der Waals surface area contributed by atoms with Crippen molar-refractivity contribution in [2.45, 2.75) is 19.3 Å². The van der Waals surface area contributed by atoms with Gasteiger partial charge in [0.1, 0.15) is 0 Å². The Balaban J connectivity index is 1.75. The Morgan fingerprint density at radius 1 is 1.04 bits per heavy atom. The molecule has 0 radical (unpaired) electrons. The van der Waals surface area contributed by atoms with Crippen molar-refractivity contribution in [2.75, 3.05) is 33.3 Å². The van der Waals surface area contributed by atoms with Gasteiger partial charge in [-0.15, -0.1) is 0 Å². The standard InChI is InChI=1S/C16H23N3O4/c1-17-6-5-13(12-17)11-15(21)19-9-7-18(8-10-19)14(20)3-4-16(22)23-2/h5-6,12H,3-4,7-11H2,1-2H3. The molecule has 1 aromatic heterocycles. The molecule has 7 heteroatoms. The molecule has 0 saturated carbocycles. The zero-order valence-electron chi connectivity index (χ0n) is 13.7. The van der Waals surface area contributed by atoms with E-state index >= 15 is 0 Å². The molecule has 1 aliphatic heterocycles. The van der Waals surface area contributed by atoms with Crippen LogP contribution in [-0.4, -0.2) is 65.4 Å². The van der Waals surface area contributed by atoms with Crippen molar-refractivity contribution in [3.63, 3.8) is 0 Å². The molecule has 1 fully saturated rings. The Bertz CT molecular complexity index is 574. The molecule has 2 amide bonds. The van der Waals surface area contributed by atoms with Crippen molar-refractivity contribution in [3.05, 3.63) is 24.0 Å². The van der Waals surface area contributed by atoms with E-state index in [1.165, 1.54) is 7.11 Å². The monoisotopic (exact) mass is 321 g/mol. The normalized spacial score (nSPS) is 14.7. The SMILES string of the molecule is COC(=O)CCC(=O)N1CCN(C(=O)Cc2ccn(C)c2)CC1. The van der Waals surface area contributed by atoms with Gasteiger partial charge in [0, 0.05) is 52.0 Å². The highest BCUT2D eigenvalue weighted by Gasteiger charge is 2.24. The molecule has 0 spiro atoms. The van der Waals surface area contributed by atoms with Gasteiger partial charge in [-0.2, -0.15) is 0 Å². The van der Waals surface area contributed by atoms with Crippen LogP contribution in [0.5, 0.6) is 0 Å². The molecule has 1 saturated heterocycles. The zero-order valence-corrected chi connectivity index (χ0v) is 13.7. The first kappa shape index (κ1) is 17.1. The van der Waals surface area contributed by atoms with Crippen molar-refractivity contribution in [1.29, 1.82) is 0 Å². The quantitative estimate of drug-likeness (QED) is 0.726. The van der Waals surface area contributed by atoms with E-state index in [2.05, 4.69) is 4.74 Å². The van der Waals surface area contributed by atoms with E-state index in [4.69, 9.17) is 0 Å². The molecule has 1 aromatic rings. The number of hydrogen-bond acceptors (Lipinski definition) is 4. The van der Waals surface area contributed by atoms with Gasteiger partial charge in [-0.1, -0.05) is 0 Å². The maximum Gasteiger partial charge on any atom is 0.306 e. The van der Waals surface area contributed by atoms with Crippen LogP contribution in [-0.2, 0) is 32.6 Å². The second-order valence-electron chi connectivity index (χ2n) is 5.70. The Kier molecular flexibility index (Phi) is 5.78. The van der Waals surface area contributed by atoms with Gasteiger partial charge in [0.25, 0.3) is 0 Å². The van der Waals surface area contributed by atoms with Crippen LogP contribution >= 0.6 is 0 Å². The van der Waals surface area contributed by atoms with Gasteiger partial charge in [-0.3, -0.25) is 14.4 Å². The van der Waals surface area contributed by atoms with E-state index in [9.17, 15) is 14.4 Å². The lowest BCUT2D eigenvalue weighted by Crippen LogP contribution is -2.51. The van der Waals surface area contributed by atoms with Crippen LogP contribution in [0.25, 0.3) is 0 Å². The van der Waals surface area contributed by atoms with Crippen LogP contribution in [0.2, 0.25) is 0 Å². The van der Waals surface area contributed by atoms with E-state index in [0.29, 0.717) is 32.6 Å². The minimum Gasteiger partial charge on any atom is -0.469 e. The van der Waals surface area contributed by atoms with Crippen molar-refractivity contribution < 1.29 is 19.1 Å². The predicted molar refractivity (Wildman–Crippen MR) is 83.5 cm³/mol. The van der Waals surface area contributed by atoms with Crippen LogP contribution in [0.1, 0.15) is 18.4 Å². The van der Waals surface area contributed by atoms with Crippen LogP contribution in [0, 0.1) is 0 Å². The van der Waals surface area contributed by atoms with E-state index in [0.717, 1.165) is 5.56 Å². The summed E-state index contributed by atoms with van der Waals surface area (Å²) in [7, 11) is 3.23. The lowest BCUT2D eigenvalue weighted by atomic mass is 10.2. The molecule has 0 unspecified atom stereocenters. The summed E-state index contributed by atoms with van der Waals surface area (Å²) in [5.41, 5.74) is 0.995. The summed E-state index contributed by atoms with van der Waals surface area (Å²) in [5, 5.41) is 0. The number of hydrogen-bond donors (Lipinski definition) is 0. The first-order chi connectivity index (χ1) is 11.0. The minimum atomic E-state index is -0.380. The fourth-order valence-electron chi connectivity index (χ4n) is 2.63. The highest BCUT2D eigenvalue weighted by atomic mass is 16.5. The van der Waals surface area contributed by atoms with E-state index in [1.54, 1.807) is 9.80 Å². The van der Waals surface area contributed by atoms with Crippen molar-refractivity contribution in [1.82, 2.24) is 14.4 Å². The molecular weight excluding hydrogens is 298 g/mol. The zero-order chi connectivity index (χ0) is 16.8. The second kappa shape index (κ2) is 7.80. The number of esters is 1. The predicted octanol–water partition coefficient (Wildman–Crippen LogP) is 0.192. The van der Waals surface area contributed by atoms with Gasteiger partial charge in [0.05, 0.1) is 20.0 Å². The first-order valence-electron chi connectivity index (χ1n) is 7.73. The number of amides is 2. The smallest absolute Gasteiger partial charge is 0.306 e. The number of aromatic nitrogens is 1. The lowest BCUT2D eigenvalue weighted by Gasteiger charge is -2.34. The molecule has 0 atom stereocenters. The number of nitrogens with zero attached hydrogens (tertiary/aromatic N) is 3.